The molecule has 0 aliphatic carbocycles. The molecule has 114 valence electrons. The molecule has 0 saturated heterocycles. The van der Waals surface area contributed by atoms with E-state index in [4.69, 9.17) is 9.47 Å². The minimum atomic E-state index is -0.139. The first-order valence-corrected chi connectivity index (χ1v) is 7.29. The smallest absolute Gasteiger partial charge is 0.244 e. The second-order valence-electron chi connectivity index (χ2n) is 5.28. The van der Waals surface area contributed by atoms with Crippen LogP contribution in [0.2, 0.25) is 0 Å². The zero-order chi connectivity index (χ0) is 15.8. The zero-order valence-electron chi connectivity index (χ0n) is 12.5. The van der Waals surface area contributed by atoms with Crippen LogP contribution in [-0.2, 0) is 0 Å². The van der Waals surface area contributed by atoms with Gasteiger partial charge in [-0.15, -0.1) is 0 Å². The van der Waals surface area contributed by atoms with E-state index >= 15 is 0 Å². The normalized spacial score (nSPS) is 12.4. The van der Waals surface area contributed by atoms with Crippen LogP contribution in [0, 0.1) is 0 Å². The molecular weight excluding hydrogens is 292 g/mol. The first-order valence-electron chi connectivity index (χ1n) is 7.29. The first kappa shape index (κ1) is 13.6. The largest absolute Gasteiger partial charge is 0.454 e. The van der Waals surface area contributed by atoms with Crippen LogP contribution in [0.25, 0.3) is 22.5 Å². The van der Waals surface area contributed by atoms with Crippen LogP contribution in [0.4, 0.5) is 0 Å². The quantitative estimate of drug-likeness (QED) is 0.726. The molecule has 0 fully saturated rings. The van der Waals surface area contributed by atoms with Gasteiger partial charge in [-0.3, -0.25) is 4.79 Å². The predicted molar refractivity (Wildman–Crippen MR) is 85.5 cm³/mol. The van der Waals surface area contributed by atoms with Gasteiger partial charge in [0, 0.05) is 18.1 Å². The van der Waals surface area contributed by atoms with Crippen molar-refractivity contribution in [3.63, 3.8) is 0 Å². The summed E-state index contributed by atoms with van der Waals surface area (Å²) >= 11 is 0. The number of fused-ring (bicyclic) bond motifs is 1. The number of rotatable bonds is 2. The van der Waals surface area contributed by atoms with E-state index in [1.54, 1.807) is 0 Å². The van der Waals surface area contributed by atoms with Crippen molar-refractivity contribution < 1.29 is 14.3 Å². The molecule has 2 aromatic carbocycles. The monoisotopic (exact) mass is 306 g/mol. The van der Waals surface area contributed by atoms with Crippen LogP contribution < -0.4 is 9.47 Å². The third-order valence-electron chi connectivity index (χ3n) is 3.75. The Morgan fingerprint density at radius 1 is 1.00 bits per heavy atom. The van der Waals surface area contributed by atoms with Crippen molar-refractivity contribution in [1.29, 1.82) is 0 Å². The molecule has 0 radical (unpaired) electrons. The van der Waals surface area contributed by atoms with E-state index in [1.807, 2.05) is 54.6 Å². The van der Waals surface area contributed by atoms with Gasteiger partial charge in [0.2, 0.25) is 12.7 Å². The van der Waals surface area contributed by atoms with Gasteiger partial charge in [-0.25, -0.2) is 0 Å². The average Bonchev–Trinajstić information content (AvgIpc) is 3.22. The van der Waals surface area contributed by atoms with Crippen LogP contribution in [0.1, 0.15) is 11.7 Å². The van der Waals surface area contributed by atoms with Crippen LogP contribution in [-0.4, -0.2) is 22.5 Å². The van der Waals surface area contributed by atoms with Crippen LogP contribution in [0.15, 0.2) is 54.6 Å². The maximum Gasteiger partial charge on any atom is 0.244 e. The molecule has 0 unspecified atom stereocenters. The summed E-state index contributed by atoms with van der Waals surface area (Å²) in [4.78, 5) is 12.0. The SMILES string of the molecule is CC(=O)n1nc(-c2ccccc2)cc1-c1ccc2c(c1)OCO2. The van der Waals surface area contributed by atoms with Gasteiger partial charge in [0.25, 0.3) is 0 Å². The van der Waals surface area contributed by atoms with Gasteiger partial charge in [0.05, 0.1) is 11.4 Å². The van der Waals surface area contributed by atoms with Crippen molar-refractivity contribution in [3.8, 4) is 34.0 Å². The Bertz CT molecular complexity index is 885. The molecule has 0 N–H and O–H groups in total. The van der Waals surface area contributed by atoms with Crippen LogP contribution in [0.3, 0.4) is 0 Å². The Morgan fingerprint density at radius 2 is 1.78 bits per heavy atom. The van der Waals surface area contributed by atoms with Gasteiger partial charge in [0.1, 0.15) is 0 Å². The number of nitrogens with zero attached hydrogens (tertiary/aromatic N) is 2. The van der Waals surface area contributed by atoms with Gasteiger partial charge in [0.15, 0.2) is 11.5 Å². The molecule has 4 rings (SSSR count). The standard InChI is InChI=1S/C18H14N2O3/c1-12(21)20-16(10-15(19-20)13-5-3-2-4-6-13)14-7-8-17-18(9-14)23-11-22-17/h2-10H,11H2,1H3. The second-order valence-corrected chi connectivity index (χ2v) is 5.28. The third-order valence-corrected chi connectivity index (χ3v) is 3.75. The highest BCUT2D eigenvalue weighted by atomic mass is 16.7. The summed E-state index contributed by atoms with van der Waals surface area (Å²) in [6.45, 7) is 1.72. The summed E-state index contributed by atoms with van der Waals surface area (Å²) in [5, 5.41) is 4.44. The van der Waals surface area contributed by atoms with Crippen LogP contribution >= 0.6 is 0 Å². The molecule has 23 heavy (non-hydrogen) atoms. The lowest BCUT2D eigenvalue weighted by Gasteiger charge is -2.04. The Morgan fingerprint density at radius 3 is 2.57 bits per heavy atom. The lowest BCUT2D eigenvalue weighted by atomic mass is 10.1. The van der Waals surface area contributed by atoms with E-state index in [1.165, 1.54) is 11.6 Å². The maximum atomic E-state index is 12.0. The summed E-state index contributed by atoms with van der Waals surface area (Å²) in [6, 6.07) is 17.3. The maximum absolute atomic E-state index is 12.0. The molecule has 1 aliphatic heterocycles. The number of benzene rings is 2. The highest BCUT2D eigenvalue weighted by Gasteiger charge is 2.18. The van der Waals surface area contributed by atoms with Gasteiger partial charge in [-0.2, -0.15) is 9.78 Å². The Labute approximate surface area is 133 Å². The van der Waals surface area contributed by atoms with Gasteiger partial charge < -0.3 is 9.47 Å². The molecule has 0 atom stereocenters. The van der Waals surface area contributed by atoms with E-state index in [9.17, 15) is 4.79 Å². The third kappa shape index (κ3) is 2.36. The molecule has 0 spiro atoms. The summed E-state index contributed by atoms with van der Waals surface area (Å²) in [5.74, 6) is 1.26. The van der Waals surface area contributed by atoms with Crippen molar-refractivity contribution in [2.24, 2.45) is 0 Å². The molecule has 1 aromatic heterocycles. The summed E-state index contributed by atoms with van der Waals surface area (Å²) in [5.41, 5.74) is 3.32. The van der Waals surface area contributed by atoms with Crippen molar-refractivity contribution in [3.05, 3.63) is 54.6 Å². The summed E-state index contributed by atoms with van der Waals surface area (Å²) in [7, 11) is 0. The fourth-order valence-electron chi connectivity index (χ4n) is 2.63. The predicted octanol–water partition coefficient (Wildman–Crippen LogP) is 3.61. The molecule has 1 aliphatic rings. The molecule has 3 aromatic rings. The van der Waals surface area contributed by atoms with Gasteiger partial charge >= 0.3 is 0 Å². The topological polar surface area (TPSA) is 53.4 Å². The van der Waals surface area contributed by atoms with E-state index in [2.05, 4.69) is 5.10 Å². The number of hydrogen-bond acceptors (Lipinski definition) is 4. The molecule has 0 bridgehead atoms. The lowest BCUT2D eigenvalue weighted by molar-refractivity contribution is 0.0923. The summed E-state index contributed by atoms with van der Waals surface area (Å²) < 4.78 is 12.2. The molecule has 2 heterocycles. The fraction of sp³-hybridized carbons (Fsp3) is 0.111. The van der Waals surface area contributed by atoms with E-state index in [0.29, 0.717) is 11.5 Å². The second kappa shape index (κ2) is 5.28. The summed E-state index contributed by atoms with van der Waals surface area (Å²) in [6.07, 6.45) is 0. The van der Waals surface area contributed by atoms with E-state index < -0.39 is 0 Å². The average molecular weight is 306 g/mol. The minimum Gasteiger partial charge on any atom is -0.454 e. The molecule has 5 heteroatoms. The number of carbonyl (C=O) groups is 1. The lowest BCUT2D eigenvalue weighted by Crippen LogP contribution is -2.09. The Hall–Kier alpha value is -3.08. The van der Waals surface area contributed by atoms with Crippen molar-refractivity contribution in [1.82, 2.24) is 9.78 Å². The molecular formula is C18H14N2O3. The molecule has 5 nitrogen and oxygen atoms in total. The molecule has 0 saturated carbocycles. The van der Waals surface area contributed by atoms with Crippen molar-refractivity contribution in [2.45, 2.75) is 6.92 Å². The van der Waals surface area contributed by atoms with Gasteiger partial charge in [-0.05, 0) is 24.3 Å². The Balaban J connectivity index is 1.84. The number of aromatic nitrogens is 2. The van der Waals surface area contributed by atoms with Crippen molar-refractivity contribution in [2.75, 3.05) is 6.79 Å². The van der Waals surface area contributed by atoms with Crippen LogP contribution in [0.5, 0.6) is 11.5 Å². The number of carbonyl (C=O) groups excluding carboxylic acids is 1. The van der Waals surface area contributed by atoms with E-state index in [-0.39, 0.29) is 12.7 Å². The number of hydrogen-bond donors (Lipinski definition) is 0. The van der Waals surface area contributed by atoms with E-state index in [0.717, 1.165) is 22.5 Å². The fourth-order valence-corrected chi connectivity index (χ4v) is 2.63. The number of ether oxygens (including phenoxy) is 2. The highest BCUT2D eigenvalue weighted by Crippen LogP contribution is 2.36. The Kier molecular flexibility index (Phi) is 3.12. The minimum absolute atomic E-state index is 0.139. The molecule has 0 amide bonds. The highest BCUT2D eigenvalue weighted by molar-refractivity contribution is 5.83. The zero-order valence-corrected chi connectivity index (χ0v) is 12.5. The van der Waals surface area contributed by atoms with Crippen molar-refractivity contribution >= 4 is 5.91 Å². The first-order chi connectivity index (χ1) is 11.2. The van der Waals surface area contributed by atoms with Gasteiger partial charge in [-0.1, -0.05) is 30.3 Å².